The highest BCUT2D eigenvalue weighted by atomic mass is 16.3. The van der Waals surface area contributed by atoms with Gasteiger partial charge in [-0.3, -0.25) is 0 Å². The Morgan fingerprint density at radius 3 is 2.52 bits per heavy atom. The Balaban J connectivity index is 2.40. The number of benzene rings is 1. The van der Waals surface area contributed by atoms with Gasteiger partial charge in [0.15, 0.2) is 0 Å². The SMILES string of the molecule is CC(C)=CCCC(C)(C)[C@@H]1CC[C@@H](C)c2c1cc(C)c(C)c2O. The van der Waals surface area contributed by atoms with Crippen molar-refractivity contribution < 1.29 is 5.11 Å². The molecule has 1 aromatic rings. The molecule has 1 heteroatoms. The van der Waals surface area contributed by atoms with Crippen LogP contribution in [0.4, 0.5) is 0 Å². The summed E-state index contributed by atoms with van der Waals surface area (Å²) in [5.41, 5.74) is 6.57. The van der Waals surface area contributed by atoms with E-state index in [1.54, 1.807) is 0 Å². The summed E-state index contributed by atoms with van der Waals surface area (Å²) in [4.78, 5) is 0. The Morgan fingerprint density at radius 2 is 1.91 bits per heavy atom. The number of phenols is 1. The first kappa shape index (κ1) is 18.1. The third kappa shape index (κ3) is 3.65. The normalized spacial score (nSPS) is 21.0. The van der Waals surface area contributed by atoms with Crippen molar-refractivity contribution in [2.24, 2.45) is 5.41 Å². The van der Waals surface area contributed by atoms with E-state index in [2.05, 4.69) is 53.7 Å². The monoisotopic (exact) mass is 314 g/mol. The van der Waals surface area contributed by atoms with Gasteiger partial charge in [-0.2, -0.15) is 0 Å². The van der Waals surface area contributed by atoms with Gasteiger partial charge in [-0.1, -0.05) is 38.5 Å². The maximum Gasteiger partial charge on any atom is 0.122 e. The number of rotatable bonds is 4. The molecule has 0 radical (unpaired) electrons. The van der Waals surface area contributed by atoms with Crippen molar-refractivity contribution in [3.8, 4) is 5.75 Å². The second kappa shape index (κ2) is 6.71. The predicted molar refractivity (Wildman–Crippen MR) is 100 cm³/mol. The summed E-state index contributed by atoms with van der Waals surface area (Å²) in [5, 5.41) is 10.7. The zero-order valence-corrected chi connectivity index (χ0v) is 16.1. The van der Waals surface area contributed by atoms with E-state index in [1.165, 1.54) is 41.5 Å². The van der Waals surface area contributed by atoms with Crippen LogP contribution < -0.4 is 0 Å². The number of hydrogen-bond donors (Lipinski definition) is 1. The summed E-state index contributed by atoms with van der Waals surface area (Å²) < 4.78 is 0. The fourth-order valence-electron chi connectivity index (χ4n) is 4.19. The van der Waals surface area contributed by atoms with Crippen LogP contribution in [0.15, 0.2) is 17.7 Å². The molecule has 0 saturated heterocycles. The summed E-state index contributed by atoms with van der Waals surface area (Å²) in [6.07, 6.45) is 7.11. The second-order valence-electron chi connectivity index (χ2n) is 8.51. The average molecular weight is 315 g/mol. The minimum absolute atomic E-state index is 0.259. The summed E-state index contributed by atoms with van der Waals surface area (Å²) in [6, 6.07) is 2.35. The van der Waals surface area contributed by atoms with Crippen molar-refractivity contribution in [3.63, 3.8) is 0 Å². The molecule has 0 fully saturated rings. The molecule has 0 amide bonds. The van der Waals surface area contributed by atoms with Crippen molar-refractivity contribution in [1.82, 2.24) is 0 Å². The molecule has 1 aromatic carbocycles. The average Bonchev–Trinajstić information content (AvgIpc) is 2.43. The quantitative estimate of drug-likeness (QED) is 0.608. The third-order valence-electron chi connectivity index (χ3n) is 5.93. The highest BCUT2D eigenvalue weighted by Crippen LogP contribution is 2.52. The fraction of sp³-hybridized carbons (Fsp3) is 0.636. The molecule has 1 nitrogen and oxygen atoms in total. The molecular weight excluding hydrogens is 280 g/mol. The lowest BCUT2D eigenvalue weighted by atomic mass is 9.64. The minimum atomic E-state index is 0.259. The molecule has 0 aromatic heterocycles. The summed E-state index contributed by atoms with van der Waals surface area (Å²) in [6.45, 7) is 15.6. The van der Waals surface area contributed by atoms with Crippen LogP contribution in [0.5, 0.6) is 5.75 Å². The van der Waals surface area contributed by atoms with Crippen LogP contribution in [0, 0.1) is 19.3 Å². The first-order valence-electron chi connectivity index (χ1n) is 9.11. The molecule has 0 aliphatic heterocycles. The topological polar surface area (TPSA) is 20.2 Å². The number of fused-ring (bicyclic) bond motifs is 1. The lowest BCUT2D eigenvalue weighted by molar-refractivity contribution is 0.233. The third-order valence-corrected chi connectivity index (χ3v) is 5.93. The van der Waals surface area contributed by atoms with Gasteiger partial charge in [0.05, 0.1) is 0 Å². The zero-order valence-electron chi connectivity index (χ0n) is 16.1. The first-order valence-corrected chi connectivity index (χ1v) is 9.11. The van der Waals surface area contributed by atoms with Crippen LogP contribution in [0.2, 0.25) is 0 Å². The molecule has 1 aliphatic rings. The number of allylic oxidation sites excluding steroid dienone is 2. The molecular formula is C22H34O. The van der Waals surface area contributed by atoms with E-state index in [1.807, 2.05) is 6.92 Å². The molecule has 0 bridgehead atoms. The Bertz CT molecular complexity index is 603. The van der Waals surface area contributed by atoms with E-state index in [9.17, 15) is 5.11 Å². The standard InChI is InChI=1S/C22H34O/c1-14(2)9-8-12-22(6,7)19-11-10-15(3)20-18(19)13-16(4)17(5)21(20)23/h9,13,15,19,23H,8,10-12H2,1-7H3/t15-,19-/m1/s1. The van der Waals surface area contributed by atoms with E-state index < -0.39 is 0 Å². The van der Waals surface area contributed by atoms with Crippen molar-refractivity contribution in [2.75, 3.05) is 0 Å². The first-order chi connectivity index (χ1) is 10.6. The lowest BCUT2D eigenvalue weighted by Gasteiger charge is -2.41. The minimum Gasteiger partial charge on any atom is -0.507 e. The van der Waals surface area contributed by atoms with Gasteiger partial charge in [-0.15, -0.1) is 0 Å². The number of phenolic OH excluding ortho intramolecular Hbond substituents is 1. The molecule has 1 N–H and O–H groups in total. The van der Waals surface area contributed by atoms with Crippen LogP contribution in [-0.2, 0) is 0 Å². The molecule has 23 heavy (non-hydrogen) atoms. The van der Waals surface area contributed by atoms with Gasteiger partial charge in [0.1, 0.15) is 5.75 Å². The van der Waals surface area contributed by atoms with Crippen molar-refractivity contribution in [3.05, 3.63) is 40.0 Å². The van der Waals surface area contributed by atoms with Gasteiger partial charge < -0.3 is 5.11 Å². The van der Waals surface area contributed by atoms with Gasteiger partial charge in [-0.05, 0) is 87.3 Å². The lowest BCUT2D eigenvalue weighted by Crippen LogP contribution is -2.27. The molecule has 2 atom stereocenters. The highest BCUT2D eigenvalue weighted by Gasteiger charge is 2.37. The van der Waals surface area contributed by atoms with Gasteiger partial charge in [0.2, 0.25) is 0 Å². The summed E-state index contributed by atoms with van der Waals surface area (Å²) >= 11 is 0. The number of aromatic hydroxyl groups is 1. The maximum absolute atomic E-state index is 10.7. The maximum atomic E-state index is 10.7. The largest absolute Gasteiger partial charge is 0.507 e. The molecule has 1 aliphatic carbocycles. The molecule has 0 heterocycles. The molecule has 0 spiro atoms. The molecule has 2 rings (SSSR count). The summed E-state index contributed by atoms with van der Waals surface area (Å²) in [7, 11) is 0. The van der Waals surface area contributed by atoms with Crippen LogP contribution in [0.1, 0.15) is 94.4 Å². The van der Waals surface area contributed by atoms with Gasteiger partial charge in [0.25, 0.3) is 0 Å². The van der Waals surface area contributed by atoms with E-state index in [4.69, 9.17) is 0 Å². The van der Waals surface area contributed by atoms with Crippen molar-refractivity contribution in [2.45, 2.75) is 86.0 Å². The Kier molecular flexibility index (Phi) is 5.28. The second-order valence-corrected chi connectivity index (χ2v) is 8.51. The van der Waals surface area contributed by atoms with E-state index in [-0.39, 0.29) is 5.41 Å². The smallest absolute Gasteiger partial charge is 0.122 e. The Labute approximate surface area is 142 Å². The predicted octanol–water partition coefficient (Wildman–Crippen LogP) is 6.76. The van der Waals surface area contributed by atoms with E-state index in [0.717, 1.165) is 12.0 Å². The van der Waals surface area contributed by atoms with Crippen LogP contribution in [-0.4, -0.2) is 5.11 Å². The highest BCUT2D eigenvalue weighted by molar-refractivity contribution is 5.53. The van der Waals surface area contributed by atoms with E-state index >= 15 is 0 Å². The Hall–Kier alpha value is -1.24. The number of hydrogen-bond acceptors (Lipinski definition) is 1. The van der Waals surface area contributed by atoms with Crippen LogP contribution in [0.25, 0.3) is 0 Å². The molecule has 128 valence electrons. The van der Waals surface area contributed by atoms with Gasteiger partial charge >= 0.3 is 0 Å². The molecule has 0 saturated carbocycles. The van der Waals surface area contributed by atoms with Crippen molar-refractivity contribution in [1.29, 1.82) is 0 Å². The Morgan fingerprint density at radius 1 is 1.26 bits per heavy atom. The summed E-state index contributed by atoms with van der Waals surface area (Å²) in [5.74, 6) is 1.57. The number of aryl methyl sites for hydroxylation is 1. The van der Waals surface area contributed by atoms with E-state index in [0.29, 0.717) is 17.6 Å². The molecule has 0 unspecified atom stereocenters. The van der Waals surface area contributed by atoms with Crippen LogP contribution >= 0.6 is 0 Å². The van der Waals surface area contributed by atoms with Crippen molar-refractivity contribution >= 4 is 0 Å². The van der Waals surface area contributed by atoms with Gasteiger partial charge in [-0.25, -0.2) is 0 Å². The van der Waals surface area contributed by atoms with Gasteiger partial charge in [0, 0.05) is 5.56 Å². The van der Waals surface area contributed by atoms with Crippen LogP contribution in [0.3, 0.4) is 0 Å². The zero-order chi connectivity index (χ0) is 17.4. The fourth-order valence-corrected chi connectivity index (χ4v) is 4.19.